The number of benzene rings is 1. The summed E-state index contributed by atoms with van der Waals surface area (Å²) in [5.41, 5.74) is 7.76. The molecule has 0 amide bonds. The van der Waals surface area contributed by atoms with E-state index in [-0.39, 0.29) is 0 Å². The summed E-state index contributed by atoms with van der Waals surface area (Å²) in [4.78, 5) is 0. The van der Waals surface area contributed by atoms with E-state index >= 15 is 0 Å². The van der Waals surface area contributed by atoms with Crippen molar-refractivity contribution in [3.05, 3.63) is 85.2 Å². The molecule has 4 aromatic rings. The SMILES string of the molecule is Nc1ccccc1C(n1cccn1)(n1cccn1)n1cccn1. The van der Waals surface area contributed by atoms with E-state index in [4.69, 9.17) is 5.73 Å². The molecule has 0 radical (unpaired) electrons. The molecule has 0 aliphatic carbocycles. The van der Waals surface area contributed by atoms with Crippen LogP contribution in [0.25, 0.3) is 0 Å². The van der Waals surface area contributed by atoms with E-state index in [0.29, 0.717) is 5.69 Å². The molecule has 0 atom stereocenters. The van der Waals surface area contributed by atoms with Crippen molar-refractivity contribution in [2.75, 3.05) is 5.73 Å². The molecule has 0 fully saturated rings. The minimum Gasteiger partial charge on any atom is -0.398 e. The predicted octanol–water partition coefficient (Wildman–Crippen LogP) is 1.61. The van der Waals surface area contributed by atoms with E-state index in [1.54, 1.807) is 32.6 Å². The van der Waals surface area contributed by atoms with Gasteiger partial charge in [-0.3, -0.25) is 0 Å². The zero-order valence-electron chi connectivity index (χ0n) is 12.3. The summed E-state index contributed by atoms with van der Waals surface area (Å²) in [6.45, 7) is 0. The lowest BCUT2D eigenvalue weighted by atomic mass is 10.1. The third-order valence-corrected chi connectivity index (χ3v) is 3.79. The highest BCUT2D eigenvalue weighted by Gasteiger charge is 2.42. The Labute approximate surface area is 132 Å². The molecule has 0 saturated heterocycles. The van der Waals surface area contributed by atoms with E-state index in [0.717, 1.165) is 5.56 Å². The van der Waals surface area contributed by atoms with Gasteiger partial charge in [0.2, 0.25) is 0 Å². The van der Waals surface area contributed by atoms with Gasteiger partial charge in [-0.2, -0.15) is 15.3 Å². The molecule has 3 heterocycles. The van der Waals surface area contributed by atoms with Crippen LogP contribution in [-0.2, 0) is 5.79 Å². The van der Waals surface area contributed by atoms with Crippen LogP contribution in [0.3, 0.4) is 0 Å². The number of nitrogens with zero attached hydrogens (tertiary/aromatic N) is 6. The maximum atomic E-state index is 6.30. The van der Waals surface area contributed by atoms with Gasteiger partial charge >= 0.3 is 0 Å². The lowest BCUT2D eigenvalue weighted by Gasteiger charge is -2.35. The Hall–Kier alpha value is -3.35. The Morgan fingerprint density at radius 2 is 1.17 bits per heavy atom. The molecule has 0 saturated carbocycles. The van der Waals surface area contributed by atoms with Gasteiger partial charge in [-0.1, -0.05) is 18.2 Å². The smallest absolute Gasteiger partial charge is 0.278 e. The molecule has 4 rings (SSSR count). The molecule has 0 aliphatic rings. The zero-order valence-corrected chi connectivity index (χ0v) is 12.3. The summed E-state index contributed by atoms with van der Waals surface area (Å²) in [5.74, 6) is -0.957. The lowest BCUT2D eigenvalue weighted by molar-refractivity contribution is 0.170. The van der Waals surface area contributed by atoms with Crippen LogP contribution in [0.1, 0.15) is 5.56 Å². The van der Waals surface area contributed by atoms with E-state index in [1.165, 1.54) is 0 Å². The summed E-state index contributed by atoms with van der Waals surface area (Å²) in [5, 5.41) is 13.4. The normalized spacial score (nSPS) is 11.7. The van der Waals surface area contributed by atoms with Crippen molar-refractivity contribution in [3.8, 4) is 0 Å². The lowest BCUT2D eigenvalue weighted by Crippen LogP contribution is -2.50. The van der Waals surface area contributed by atoms with Crippen LogP contribution in [-0.4, -0.2) is 29.3 Å². The summed E-state index contributed by atoms with van der Waals surface area (Å²) < 4.78 is 5.37. The second-order valence-electron chi connectivity index (χ2n) is 5.07. The van der Waals surface area contributed by atoms with Gasteiger partial charge in [-0.15, -0.1) is 0 Å². The van der Waals surface area contributed by atoms with Crippen LogP contribution in [0.5, 0.6) is 0 Å². The first-order chi connectivity index (χ1) is 11.3. The van der Waals surface area contributed by atoms with Crippen molar-refractivity contribution in [2.24, 2.45) is 0 Å². The zero-order chi connectivity index (χ0) is 15.7. The van der Waals surface area contributed by atoms with Crippen LogP contribution in [0.15, 0.2) is 79.6 Å². The fraction of sp³-hybridized carbons (Fsp3) is 0.0625. The molecule has 7 nitrogen and oxygen atoms in total. The van der Waals surface area contributed by atoms with Crippen molar-refractivity contribution in [1.29, 1.82) is 0 Å². The van der Waals surface area contributed by atoms with Crippen LogP contribution >= 0.6 is 0 Å². The topological polar surface area (TPSA) is 79.5 Å². The molecule has 114 valence electrons. The monoisotopic (exact) mass is 305 g/mol. The van der Waals surface area contributed by atoms with Gasteiger partial charge in [-0.25, -0.2) is 14.0 Å². The number of nitrogens with two attached hydrogens (primary N) is 1. The first kappa shape index (κ1) is 13.3. The van der Waals surface area contributed by atoms with Crippen LogP contribution in [0.2, 0.25) is 0 Å². The van der Waals surface area contributed by atoms with Crippen molar-refractivity contribution >= 4 is 5.69 Å². The van der Waals surface area contributed by atoms with Crippen LogP contribution in [0.4, 0.5) is 5.69 Å². The van der Waals surface area contributed by atoms with Gasteiger partial charge < -0.3 is 5.73 Å². The fourth-order valence-corrected chi connectivity index (χ4v) is 2.85. The van der Waals surface area contributed by atoms with Gasteiger partial charge in [0.15, 0.2) is 0 Å². The number of rotatable bonds is 4. The van der Waals surface area contributed by atoms with E-state index < -0.39 is 5.79 Å². The Morgan fingerprint density at radius 1 is 0.696 bits per heavy atom. The number of anilines is 1. The third kappa shape index (κ3) is 1.87. The van der Waals surface area contributed by atoms with Crippen molar-refractivity contribution in [1.82, 2.24) is 29.3 Å². The maximum absolute atomic E-state index is 6.30. The first-order valence-corrected chi connectivity index (χ1v) is 7.19. The average molecular weight is 305 g/mol. The number of nitrogen functional groups attached to an aromatic ring is 1. The maximum Gasteiger partial charge on any atom is 0.278 e. The summed E-state index contributed by atoms with van der Waals surface area (Å²) in [6, 6.07) is 13.2. The third-order valence-electron chi connectivity index (χ3n) is 3.79. The van der Waals surface area contributed by atoms with Gasteiger partial charge in [-0.05, 0) is 24.3 Å². The Kier molecular flexibility index (Phi) is 2.97. The van der Waals surface area contributed by atoms with Gasteiger partial charge in [0.05, 0.1) is 0 Å². The van der Waals surface area contributed by atoms with Crippen LogP contribution in [0, 0.1) is 0 Å². The molecule has 0 spiro atoms. The quantitative estimate of drug-likeness (QED) is 0.581. The minimum atomic E-state index is -0.957. The second-order valence-corrected chi connectivity index (χ2v) is 5.07. The first-order valence-electron chi connectivity index (χ1n) is 7.19. The number of para-hydroxylation sites is 1. The molecular weight excluding hydrogens is 290 g/mol. The minimum absolute atomic E-state index is 0.633. The summed E-state index contributed by atoms with van der Waals surface area (Å²) in [6.07, 6.45) is 10.8. The number of hydrogen-bond acceptors (Lipinski definition) is 4. The molecule has 0 bridgehead atoms. The number of hydrogen-bond donors (Lipinski definition) is 1. The summed E-state index contributed by atoms with van der Waals surface area (Å²) >= 11 is 0. The molecular formula is C16H15N7. The van der Waals surface area contributed by atoms with E-state index in [9.17, 15) is 0 Å². The molecule has 7 heteroatoms. The van der Waals surface area contributed by atoms with Crippen LogP contribution < -0.4 is 5.73 Å². The molecule has 0 aliphatic heterocycles. The molecule has 3 aromatic heterocycles. The largest absolute Gasteiger partial charge is 0.398 e. The van der Waals surface area contributed by atoms with Crippen molar-refractivity contribution in [3.63, 3.8) is 0 Å². The molecule has 23 heavy (non-hydrogen) atoms. The van der Waals surface area contributed by atoms with Gasteiger partial charge in [0, 0.05) is 48.4 Å². The van der Waals surface area contributed by atoms with Crippen molar-refractivity contribution in [2.45, 2.75) is 5.79 Å². The second kappa shape index (κ2) is 5.13. The Bertz CT molecular complexity index is 792. The molecule has 2 N–H and O–H groups in total. The Morgan fingerprint density at radius 3 is 1.57 bits per heavy atom. The van der Waals surface area contributed by atoms with Gasteiger partial charge in [0.25, 0.3) is 5.79 Å². The van der Waals surface area contributed by atoms with E-state index in [1.807, 2.05) is 61.1 Å². The Balaban J connectivity index is 2.14. The fourth-order valence-electron chi connectivity index (χ4n) is 2.85. The summed E-state index contributed by atoms with van der Waals surface area (Å²) in [7, 11) is 0. The highest BCUT2D eigenvalue weighted by atomic mass is 15.6. The highest BCUT2D eigenvalue weighted by Crippen LogP contribution is 2.32. The number of aromatic nitrogens is 6. The molecule has 0 unspecified atom stereocenters. The highest BCUT2D eigenvalue weighted by molar-refractivity contribution is 5.50. The predicted molar refractivity (Wildman–Crippen MR) is 85.4 cm³/mol. The molecule has 1 aromatic carbocycles. The standard InChI is InChI=1S/C16H15N7/c17-15-7-2-1-6-14(15)16(21-11-3-8-18-21,22-12-4-9-19-22)23-13-5-10-20-23/h1-13H,17H2. The average Bonchev–Trinajstić information content (AvgIpc) is 3.35. The van der Waals surface area contributed by atoms with Gasteiger partial charge in [0.1, 0.15) is 0 Å². The van der Waals surface area contributed by atoms with Crippen molar-refractivity contribution < 1.29 is 0 Å². The van der Waals surface area contributed by atoms with E-state index in [2.05, 4.69) is 15.3 Å².